The van der Waals surface area contributed by atoms with Gasteiger partial charge in [0.25, 0.3) is 0 Å². The molecule has 0 amide bonds. The molecule has 0 aliphatic heterocycles. The lowest BCUT2D eigenvalue weighted by Gasteiger charge is -2.38. The number of benzene rings is 1. The van der Waals surface area contributed by atoms with Crippen molar-refractivity contribution in [1.82, 2.24) is 0 Å². The Morgan fingerprint density at radius 1 is 1.33 bits per heavy atom. The molecule has 2 N–H and O–H groups in total. The molecule has 78 valence electrons. The first-order chi connectivity index (χ1) is 7.25. The normalized spacial score (nSPS) is 32.5. The van der Waals surface area contributed by atoms with Crippen LogP contribution in [0, 0.1) is 5.92 Å². The molecule has 1 nitrogen and oxygen atoms in total. The van der Waals surface area contributed by atoms with Crippen molar-refractivity contribution in [1.29, 1.82) is 0 Å². The van der Waals surface area contributed by atoms with Crippen molar-refractivity contribution in [3.05, 3.63) is 46.5 Å². The molecular weight excluding hydrogens is 206 g/mol. The summed E-state index contributed by atoms with van der Waals surface area (Å²) < 4.78 is 0. The molecular formula is C13H14ClN. The molecule has 15 heavy (non-hydrogen) atoms. The third-order valence-electron chi connectivity index (χ3n) is 3.70. The van der Waals surface area contributed by atoms with Gasteiger partial charge < -0.3 is 5.73 Å². The first-order valence-corrected chi connectivity index (χ1v) is 5.84. The maximum absolute atomic E-state index is 6.25. The molecule has 2 bridgehead atoms. The predicted molar refractivity (Wildman–Crippen MR) is 63.1 cm³/mol. The van der Waals surface area contributed by atoms with Crippen molar-refractivity contribution >= 4 is 11.6 Å². The van der Waals surface area contributed by atoms with Crippen LogP contribution in [0.15, 0.2) is 30.4 Å². The fraction of sp³-hybridized carbons (Fsp3) is 0.385. The number of hydrogen-bond acceptors (Lipinski definition) is 1. The molecule has 0 spiro atoms. The molecule has 0 radical (unpaired) electrons. The molecule has 0 saturated carbocycles. The van der Waals surface area contributed by atoms with Crippen molar-refractivity contribution in [3.8, 4) is 0 Å². The molecule has 0 aromatic heterocycles. The quantitative estimate of drug-likeness (QED) is 0.668. The zero-order valence-electron chi connectivity index (χ0n) is 8.49. The van der Waals surface area contributed by atoms with Crippen LogP contribution in [0.3, 0.4) is 0 Å². The van der Waals surface area contributed by atoms with Gasteiger partial charge in [0.05, 0.1) is 0 Å². The van der Waals surface area contributed by atoms with E-state index in [4.69, 9.17) is 17.3 Å². The van der Waals surface area contributed by atoms with Gasteiger partial charge in [0, 0.05) is 17.0 Å². The lowest BCUT2D eigenvalue weighted by Crippen LogP contribution is -2.42. The van der Waals surface area contributed by atoms with Gasteiger partial charge in [-0.25, -0.2) is 0 Å². The molecule has 2 heteroatoms. The van der Waals surface area contributed by atoms with Crippen molar-refractivity contribution in [3.63, 3.8) is 0 Å². The highest BCUT2D eigenvalue weighted by molar-refractivity contribution is 6.30. The molecule has 2 aliphatic carbocycles. The van der Waals surface area contributed by atoms with E-state index in [1.165, 1.54) is 11.1 Å². The molecule has 0 heterocycles. The average Bonchev–Trinajstić information content (AvgIpc) is 2.20. The van der Waals surface area contributed by atoms with E-state index in [2.05, 4.69) is 24.3 Å². The van der Waals surface area contributed by atoms with Gasteiger partial charge in [-0.05, 0) is 42.0 Å². The van der Waals surface area contributed by atoms with Crippen molar-refractivity contribution < 1.29 is 0 Å². The van der Waals surface area contributed by atoms with Gasteiger partial charge in [-0.15, -0.1) is 0 Å². The second kappa shape index (κ2) is 3.36. The Morgan fingerprint density at radius 2 is 2.20 bits per heavy atom. The predicted octanol–water partition coefficient (Wildman–Crippen LogP) is 2.88. The van der Waals surface area contributed by atoms with Crippen LogP contribution in [0.25, 0.3) is 0 Å². The minimum Gasteiger partial charge on any atom is -0.327 e. The number of allylic oxidation sites excluding steroid dienone is 1. The Balaban J connectivity index is 2.13. The summed E-state index contributed by atoms with van der Waals surface area (Å²) in [4.78, 5) is 0. The average molecular weight is 220 g/mol. The van der Waals surface area contributed by atoms with Gasteiger partial charge in [0.1, 0.15) is 0 Å². The number of halogens is 1. The van der Waals surface area contributed by atoms with Crippen LogP contribution in [-0.2, 0) is 6.42 Å². The standard InChI is InChI=1S/C13H14ClN/c14-10-5-4-8-6-9-2-1-3-11(13(9)15)12(8)7-10/h1-2,4-5,7,9,11,13H,3,6,15H2/t9?,11?,13-/m1/s1. The monoisotopic (exact) mass is 219 g/mol. The summed E-state index contributed by atoms with van der Waals surface area (Å²) in [5.74, 6) is 1.000. The van der Waals surface area contributed by atoms with Crippen LogP contribution in [0.4, 0.5) is 0 Å². The minimum absolute atomic E-state index is 0.279. The van der Waals surface area contributed by atoms with Gasteiger partial charge in [-0.2, -0.15) is 0 Å². The maximum atomic E-state index is 6.25. The zero-order chi connectivity index (χ0) is 10.4. The Kier molecular flexibility index (Phi) is 2.11. The molecule has 2 aliphatic rings. The lowest BCUT2D eigenvalue weighted by molar-refractivity contribution is 0.377. The second-order valence-corrected chi connectivity index (χ2v) is 5.00. The van der Waals surface area contributed by atoms with Gasteiger partial charge in [-0.1, -0.05) is 29.8 Å². The van der Waals surface area contributed by atoms with Gasteiger partial charge >= 0.3 is 0 Å². The second-order valence-electron chi connectivity index (χ2n) is 4.56. The summed E-state index contributed by atoms with van der Waals surface area (Å²) in [6, 6.07) is 6.51. The van der Waals surface area contributed by atoms with E-state index >= 15 is 0 Å². The summed E-state index contributed by atoms with van der Waals surface area (Å²) in [5.41, 5.74) is 9.06. The van der Waals surface area contributed by atoms with Gasteiger partial charge in [0.2, 0.25) is 0 Å². The highest BCUT2D eigenvalue weighted by Crippen LogP contribution is 2.40. The maximum Gasteiger partial charge on any atom is 0.0409 e. The Bertz CT molecular complexity index is 425. The van der Waals surface area contributed by atoms with Gasteiger partial charge in [0.15, 0.2) is 0 Å². The summed E-state index contributed by atoms with van der Waals surface area (Å²) in [6.45, 7) is 0. The zero-order valence-corrected chi connectivity index (χ0v) is 9.24. The van der Waals surface area contributed by atoms with E-state index in [0.29, 0.717) is 11.8 Å². The summed E-state index contributed by atoms with van der Waals surface area (Å²) in [5, 5.41) is 0.828. The first-order valence-electron chi connectivity index (χ1n) is 5.46. The molecule has 2 unspecified atom stereocenters. The lowest BCUT2D eigenvalue weighted by atomic mass is 9.69. The number of hydrogen-bond donors (Lipinski definition) is 1. The fourth-order valence-electron chi connectivity index (χ4n) is 2.87. The van der Waals surface area contributed by atoms with E-state index < -0.39 is 0 Å². The van der Waals surface area contributed by atoms with E-state index in [-0.39, 0.29) is 6.04 Å². The molecule has 0 fully saturated rings. The molecule has 1 aromatic carbocycles. The Morgan fingerprint density at radius 3 is 3.07 bits per heavy atom. The summed E-state index contributed by atoms with van der Waals surface area (Å²) in [7, 11) is 0. The minimum atomic E-state index is 0.279. The summed E-state index contributed by atoms with van der Waals surface area (Å²) in [6.07, 6.45) is 6.67. The van der Waals surface area contributed by atoms with Crippen molar-refractivity contribution in [2.45, 2.75) is 24.8 Å². The van der Waals surface area contributed by atoms with E-state index in [0.717, 1.165) is 17.9 Å². The Hall–Kier alpha value is -0.790. The van der Waals surface area contributed by atoms with Crippen LogP contribution < -0.4 is 5.73 Å². The van der Waals surface area contributed by atoms with Crippen LogP contribution in [-0.4, -0.2) is 6.04 Å². The molecule has 3 atom stereocenters. The third kappa shape index (κ3) is 1.42. The number of nitrogens with two attached hydrogens (primary N) is 1. The fourth-order valence-corrected chi connectivity index (χ4v) is 3.05. The van der Waals surface area contributed by atoms with Crippen LogP contribution in [0.1, 0.15) is 23.5 Å². The topological polar surface area (TPSA) is 26.0 Å². The van der Waals surface area contributed by atoms with Crippen LogP contribution in [0.2, 0.25) is 5.02 Å². The molecule has 3 rings (SSSR count). The van der Waals surface area contributed by atoms with E-state index in [1.807, 2.05) is 6.07 Å². The molecule has 0 saturated heterocycles. The first kappa shape index (κ1) is 9.44. The van der Waals surface area contributed by atoms with Crippen LogP contribution >= 0.6 is 11.6 Å². The smallest absolute Gasteiger partial charge is 0.0409 e. The summed E-state index contributed by atoms with van der Waals surface area (Å²) >= 11 is 6.04. The van der Waals surface area contributed by atoms with Crippen LogP contribution in [0.5, 0.6) is 0 Å². The van der Waals surface area contributed by atoms with E-state index in [9.17, 15) is 0 Å². The molecule has 1 aromatic rings. The van der Waals surface area contributed by atoms with E-state index in [1.54, 1.807) is 0 Å². The Labute approximate surface area is 94.9 Å². The highest BCUT2D eigenvalue weighted by Gasteiger charge is 2.34. The van der Waals surface area contributed by atoms with Gasteiger partial charge in [-0.3, -0.25) is 0 Å². The SMILES string of the molecule is N[C@@H]1C2C=CCC1c1cc(Cl)ccc1C2. The van der Waals surface area contributed by atoms with Crippen molar-refractivity contribution in [2.24, 2.45) is 11.7 Å². The largest absolute Gasteiger partial charge is 0.327 e. The number of rotatable bonds is 0. The highest BCUT2D eigenvalue weighted by atomic mass is 35.5. The number of fused-ring (bicyclic) bond motifs is 4. The van der Waals surface area contributed by atoms with Crippen molar-refractivity contribution in [2.75, 3.05) is 0 Å². The third-order valence-corrected chi connectivity index (χ3v) is 3.93.